The van der Waals surface area contributed by atoms with Crippen molar-refractivity contribution in [3.8, 4) is 0 Å². The highest BCUT2D eigenvalue weighted by atomic mass is 16.6. The minimum absolute atomic E-state index is 0.0930. The van der Waals surface area contributed by atoms with E-state index in [0.29, 0.717) is 17.4 Å². The van der Waals surface area contributed by atoms with Crippen molar-refractivity contribution < 1.29 is 4.92 Å². The van der Waals surface area contributed by atoms with Crippen LogP contribution in [0.15, 0.2) is 0 Å². The Balaban J connectivity index is 2.01. The van der Waals surface area contributed by atoms with Crippen molar-refractivity contribution in [1.82, 2.24) is 14.7 Å². The molecule has 7 nitrogen and oxygen atoms in total. The van der Waals surface area contributed by atoms with E-state index in [0.717, 1.165) is 32.5 Å². The molecule has 1 saturated heterocycles. The van der Waals surface area contributed by atoms with E-state index in [1.165, 1.54) is 0 Å². The summed E-state index contributed by atoms with van der Waals surface area (Å²) in [4.78, 5) is 13.0. The summed E-state index contributed by atoms with van der Waals surface area (Å²) in [6, 6.07) is 0. The Morgan fingerprint density at radius 2 is 2.05 bits per heavy atom. The molecule has 0 bridgehead atoms. The second-order valence-corrected chi connectivity index (χ2v) is 5.29. The van der Waals surface area contributed by atoms with Gasteiger partial charge in [0.1, 0.15) is 5.69 Å². The highest BCUT2D eigenvalue weighted by molar-refractivity contribution is 5.59. The quantitative estimate of drug-likeness (QED) is 0.659. The van der Waals surface area contributed by atoms with Gasteiger partial charge in [-0.05, 0) is 45.8 Å². The van der Waals surface area contributed by atoms with Gasteiger partial charge < -0.3 is 10.2 Å². The van der Waals surface area contributed by atoms with Crippen molar-refractivity contribution in [2.45, 2.75) is 19.8 Å². The Hall–Kier alpha value is -1.63. The Bertz CT molecular complexity index is 463. The molecule has 1 aliphatic heterocycles. The fourth-order valence-corrected chi connectivity index (χ4v) is 2.57. The molecule has 1 aromatic heterocycles. The molecule has 0 radical (unpaired) electrons. The molecule has 0 amide bonds. The minimum atomic E-state index is -0.362. The topological polar surface area (TPSA) is 76.2 Å². The van der Waals surface area contributed by atoms with Crippen LogP contribution < -0.4 is 5.32 Å². The molecule has 0 spiro atoms. The smallest absolute Gasteiger partial charge is 0.333 e. The first-order valence-corrected chi connectivity index (χ1v) is 6.59. The van der Waals surface area contributed by atoms with E-state index in [-0.39, 0.29) is 10.6 Å². The number of likely N-dealkylation sites (tertiary alicyclic amines) is 1. The fourth-order valence-electron chi connectivity index (χ4n) is 2.57. The summed E-state index contributed by atoms with van der Waals surface area (Å²) in [5.41, 5.74) is 0.550. The Labute approximate surface area is 112 Å². The molecule has 0 aliphatic carbocycles. The van der Waals surface area contributed by atoms with Gasteiger partial charge in [-0.2, -0.15) is 5.10 Å². The summed E-state index contributed by atoms with van der Waals surface area (Å²) < 4.78 is 1.56. The van der Waals surface area contributed by atoms with Crippen molar-refractivity contribution in [3.05, 3.63) is 15.8 Å². The number of aromatic nitrogens is 2. The molecule has 1 fully saturated rings. The zero-order valence-corrected chi connectivity index (χ0v) is 11.7. The Morgan fingerprint density at radius 3 is 2.63 bits per heavy atom. The zero-order valence-electron chi connectivity index (χ0n) is 11.7. The van der Waals surface area contributed by atoms with Crippen LogP contribution in [-0.2, 0) is 7.05 Å². The first-order chi connectivity index (χ1) is 8.99. The van der Waals surface area contributed by atoms with Crippen molar-refractivity contribution in [2.75, 3.05) is 32.0 Å². The van der Waals surface area contributed by atoms with Crippen LogP contribution in [0.1, 0.15) is 18.5 Å². The molecular formula is C12H21N5O2. The third-order valence-corrected chi connectivity index (χ3v) is 3.77. The number of nitrogens with zero attached hydrogens (tertiary/aromatic N) is 4. The molecule has 2 rings (SSSR count). The highest BCUT2D eigenvalue weighted by Crippen LogP contribution is 2.28. The maximum absolute atomic E-state index is 11.1. The van der Waals surface area contributed by atoms with Gasteiger partial charge in [0.25, 0.3) is 0 Å². The van der Waals surface area contributed by atoms with Gasteiger partial charge in [0.15, 0.2) is 0 Å². The van der Waals surface area contributed by atoms with E-state index >= 15 is 0 Å². The highest BCUT2D eigenvalue weighted by Gasteiger charge is 2.25. The van der Waals surface area contributed by atoms with Gasteiger partial charge in [-0.3, -0.25) is 10.1 Å². The fraction of sp³-hybridized carbons (Fsp3) is 0.750. The van der Waals surface area contributed by atoms with Gasteiger partial charge in [0.2, 0.25) is 5.82 Å². The maximum atomic E-state index is 11.1. The first kappa shape index (κ1) is 13.8. The summed E-state index contributed by atoms with van der Waals surface area (Å²) in [6.45, 7) is 4.63. The molecule has 2 heterocycles. The van der Waals surface area contributed by atoms with Crippen molar-refractivity contribution in [3.63, 3.8) is 0 Å². The Kier molecular flexibility index (Phi) is 4.04. The van der Waals surface area contributed by atoms with E-state index in [1.54, 1.807) is 18.7 Å². The number of rotatable bonds is 4. The molecule has 1 aromatic rings. The standard InChI is InChI=1S/C12H21N5O2/c1-9-11(17(18)19)12(16(3)14-9)13-8-10-4-6-15(2)7-5-10/h10,13H,4-8H2,1-3H3. The number of piperidine rings is 1. The van der Waals surface area contributed by atoms with Crippen molar-refractivity contribution in [2.24, 2.45) is 13.0 Å². The van der Waals surface area contributed by atoms with Crippen LogP contribution in [0.5, 0.6) is 0 Å². The zero-order chi connectivity index (χ0) is 14.0. The van der Waals surface area contributed by atoms with Crippen LogP contribution in [0.3, 0.4) is 0 Å². The van der Waals surface area contributed by atoms with Crippen molar-refractivity contribution >= 4 is 11.5 Å². The SMILES string of the molecule is Cc1nn(C)c(NCC2CCN(C)CC2)c1[N+](=O)[O-]. The molecular weight excluding hydrogens is 246 g/mol. The normalized spacial score (nSPS) is 17.6. The molecule has 106 valence electrons. The molecule has 0 unspecified atom stereocenters. The number of hydrogen-bond acceptors (Lipinski definition) is 5. The summed E-state index contributed by atoms with van der Waals surface area (Å²) in [5, 5.41) is 18.4. The largest absolute Gasteiger partial charge is 0.364 e. The van der Waals surface area contributed by atoms with Gasteiger partial charge >= 0.3 is 5.69 Å². The first-order valence-electron chi connectivity index (χ1n) is 6.59. The van der Waals surface area contributed by atoms with Crippen LogP contribution in [0.25, 0.3) is 0 Å². The maximum Gasteiger partial charge on any atom is 0.333 e. The van der Waals surface area contributed by atoms with Gasteiger partial charge in [0.05, 0.1) is 4.92 Å². The number of hydrogen-bond donors (Lipinski definition) is 1. The number of aryl methyl sites for hydroxylation is 2. The van der Waals surface area contributed by atoms with Crippen molar-refractivity contribution in [1.29, 1.82) is 0 Å². The summed E-state index contributed by atoms with van der Waals surface area (Å²) in [7, 11) is 3.86. The molecule has 7 heteroatoms. The summed E-state index contributed by atoms with van der Waals surface area (Å²) in [5.74, 6) is 1.09. The van der Waals surface area contributed by atoms with E-state index in [1.807, 2.05) is 0 Å². The molecule has 1 aliphatic rings. The molecule has 1 N–H and O–H groups in total. The van der Waals surface area contributed by atoms with Crippen LogP contribution in [0.4, 0.5) is 11.5 Å². The molecule has 0 atom stereocenters. The van der Waals surface area contributed by atoms with Crippen LogP contribution in [0.2, 0.25) is 0 Å². The lowest BCUT2D eigenvalue weighted by atomic mass is 9.97. The molecule has 0 aromatic carbocycles. The Morgan fingerprint density at radius 1 is 1.42 bits per heavy atom. The predicted molar refractivity (Wildman–Crippen MR) is 73.3 cm³/mol. The van der Waals surface area contributed by atoms with Crippen LogP contribution in [-0.4, -0.2) is 46.3 Å². The number of nitrogens with one attached hydrogen (secondary N) is 1. The summed E-state index contributed by atoms with van der Waals surface area (Å²) in [6.07, 6.45) is 2.27. The summed E-state index contributed by atoms with van der Waals surface area (Å²) >= 11 is 0. The van der Waals surface area contributed by atoms with Gasteiger partial charge in [-0.1, -0.05) is 0 Å². The van der Waals surface area contributed by atoms with E-state index in [9.17, 15) is 10.1 Å². The lowest BCUT2D eigenvalue weighted by molar-refractivity contribution is -0.384. The second-order valence-electron chi connectivity index (χ2n) is 5.29. The van der Waals surface area contributed by atoms with Crippen LogP contribution in [0, 0.1) is 23.0 Å². The lowest BCUT2D eigenvalue weighted by Crippen LogP contribution is -2.33. The van der Waals surface area contributed by atoms with Gasteiger partial charge in [-0.15, -0.1) is 0 Å². The predicted octanol–water partition coefficient (Wildman–Crippen LogP) is 1.39. The molecule has 0 saturated carbocycles. The third-order valence-electron chi connectivity index (χ3n) is 3.77. The van der Waals surface area contributed by atoms with Crippen LogP contribution >= 0.6 is 0 Å². The van der Waals surface area contributed by atoms with E-state index < -0.39 is 0 Å². The average Bonchev–Trinajstić information content (AvgIpc) is 2.63. The number of nitro groups is 1. The lowest BCUT2D eigenvalue weighted by Gasteiger charge is -2.29. The van der Waals surface area contributed by atoms with Gasteiger partial charge in [-0.25, -0.2) is 4.68 Å². The van der Waals surface area contributed by atoms with Gasteiger partial charge in [0, 0.05) is 13.6 Å². The minimum Gasteiger partial charge on any atom is -0.364 e. The monoisotopic (exact) mass is 267 g/mol. The second kappa shape index (κ2) is 5.56. The van der Waals surface area contributed by atoms with E-state index in [2.05, 4.69) is 22.4 Å². The molecule has 19 heavy (non-hydrogen) atoms. The average molecular weight is 267 g/mol. The number of anilines is 1. The van der Waals surface area contributed by atoms with E-state index in [4.69, 9.17) is 0 Å². The third kappa shape index (κ3) is 3.04.